The van der Waals surface area contributed by atoms with Gasteiger partial charge in [-0.2, -0.15) is 5.10 Å². The summed E-state index contributed by atoms with van der Waals surface area (Å²) < 4.78 is 1.85. The van der Waals surface area contributed by atoms with Crippen molar-refractivity contribution in [3.63, 3.8) is 0 Å². The van der Waals surface area contributed by atoms with Crippen LogP contribution in [0.15, 0.2) is 24.3 Å². The second-order valence-corrected chi connectivity index (χ2v) is 4.30. The van der Waals surface area contributed by atoms with Crippen LogP contribution in [0.1, 0.15) is 27.3 Å². The zero-order chi connectivity index (χ0) is 13.3. The van der Waals surface area contributed by atoms with Crippen molar-refractivity contribution in [3.05, 3.63) is 46.8 Å². The van der Waals surface area contributed by atoms with Crippen LogP contribution < -0.4 is 11.5 Å². The third kappa shape index (κ3) is 2.20. The third-order valence-electron chi connectivity index (χ3n) is 3.01. The van der Waals surface area contributed by atoms with E-state index in [4.69, 9.17) is 11.5 Å². The molecule has 18 heavy (non-hydrogen) atoms. The van der Waals surface area contributed by atoms with Crippen LogP contribution in [0, 0.1) is 13.8 Å². The van der Waals surface area contributed by atoms with Crippen LogP contribution in [0.3, 0.4) is 0 Å². The lowest BCUT2D eigenvalue weighted by Crippen LogP contribution is -2.11. The fourth-order valence-corrected chi connectivity index (χ4v) is 1.81. The molecule has 4 N–H and O–H groups in total. The number of carbonyl (C=O) groups excluding carboxylic acids is 1. The number of anilines is 1. The molecule has 0 unspecified atom stereocenters. The van der Waals surface area contributed by atoms with Crippen molar-refractivity contribution in [1.29, 1.82) is 0 Å². The number of nitrogen functional groups attached to an aromatic ring is 1. The van der Waals surface area contributed by atoms with Crippen molar-refractivity contribution in [2.45, 2.75) is 20.4 Å². The molecule has 1 amide bonds. The summed E-state index contributed by atoms with van der Waals surface area (Å²) in [7, 11) is 0. The standard InChI is InChI=1S/C13H16N4O/c1-8-12(14)9(2)17(16-8)7-10-3-5-11(6-4-10)13(15)18/h3-6H,7,14H2,1-2H3,(H2,15,18). The first-order chi connectivity index (χ1) is 8.49. The van der Waals surface area contributed by atoms with Crippen molar-refractivity contribution in [2.24, 2.45) is 5.73 Å². The number of amides is 1. The van der Waals surface area contributed by atoms with E-state index in [0.29, 0.717) is 12.1 Å². The number of hydrogen-bond donors (Lipinski definition) is 2. The van der Waals surface area contributed by atoms with Crippen molar-refractivity contribution < 1.29 is 4.79 Å². The molecular formula is C13H16N4O. The van der Waals surface area contributed by atoms with Crippen LogP contribution in [0.2, 0.25) is 0 Å². The molecule has 1 heterocycles. The average molecular weight is 244 g/mol. The molecule has 94 valence electrons. The van der Waals surface area contributed by atoms with Crippen LogP contribution in [-0.4, -0.2) is 15.7 Å². The first-order valence-corrected chi connectivity index (χ1v) is 5.67. The lowest BCUT2D eigenvalue weighted by atomic mass is 10.1. The van der Waals surface area contributed by atoms with Gasteiger partial charge in [-0.05, 0) is 31.5 Å². The molecule has 1 aromatic carbocycles. The van der Waals surface area contributed by atoms with E-state index in [1.807, 2.05) is 30.7 Å². The minimum absolute atomic E-state index is 0.420. The zero-order valence-corrected chi connectivity index (χ0v) is 10.5. The summed E-state index contributed by atoms with van der Waals surface area (Å²) in [6, 6.07) is 7.17. The van der Waals surface area contributed by atoms with Gasteiger partial charge < -0.3 is 11.5 Å². The number of benzene rings is 1. The molecule has 0 aliphatic rings. The van der Waals surface area contributed by atoms with Gasteiger partial charge in [0, 0.05) is 5.56 Å². The first kappa shape index (κ1) is 12.2. The number of nitrogens with two attached hydrogens (primary N) is 2. The number of aromatic nitrogens is 2. The average Bonchev–Trinajstić information content (AvgIpc) is 2.58. The van der Waals surface area contributed by atoms with Crippen molar-refractivity contribution in [1.82, 2.24) is 9.78 Å². The molecular weight excluding hydrogens is 228 g/mol. The Balaban J connectivity index is 2.23. The summed E-state index contributed by atoms with van der Waals surface area (Å²) >= 11 is 0. The zero-order valence-electron chi connectivity index (χ0n) is 10.5. The van der Waals surface area contributed by atoms with Gasteiger partial charge in [0.05, 0.1) is 23.6 Å². The van der Waals surface area contributed by atoms with Gasteiger partial charge in [0.25, 0.3) is 0 Å². The van der Waals surface area contributed by atoms with Gasteiger partial charge in [-0.15, -0.1) is 0 Å². The molecule has 0 spiro atoms. The number of hydrogen-bond acceptors (Lipinski definition) is 3. The summed E-state index contributed by atoms with van der Waals surface area (Å²) in [6.45, 7) is 4.45. The van der Waals surface area contributed by atoms with Crippen LogP contribution >= 0.6 is 0 Å². The van der Waals surface area contributed by atoms with E-state index in [2.05, 4.69) is 5.10 Å². The number of carbonyl (C=O) groups is 1. The summed E-state index contributed by atoms with van der Waals surface area (Å²) in [5, 5.41) is 4.36. The summed E-state index contributed by atoms with van der Waals surface area (Å²) in [5.41, 5.74) is 15.1. The Morgan fingerprint density at radius 1 is 1.28 bits per heavy atom. The smallest absolute Gasteiger partial charge is 0.248 e. The maximum absolute atomic E-state index is 11.0. The Hall–Kier alpha value is -2.30. The number of aryl methyl sites for hydroxylation is 1. The molecule has 0 atom stereocenters. The van der Waals surface area contributed by atoms with E-state index >= 15 is 0 Å². The Morgan fingerprint density at radius 3 is 2.33 bits per heavy atom. The highest BCUT2D eigenvalue weighted by molar-refractivity contribution is 5.92. The minimum atomic E-state index is -0.420. The lowest BCUT2D eigenvalue weighted by molar-refractivity contribution is 0.100. The molecule has 1 aromatic heterocycles. The highest BCUT2D eigenvalue weighted by Crippen LogP contribution is 2.16. The molecule has 2 rings (SSSR count). The van der Waals surface area contributed by atoms with Crippen molar-refractivity contribution in [2.75, 3.05) is 5.73 Å². The van der Waals surface area contributed by atoms with Crippen molar-refractivity contribution in [3.8, 4) is 0 Å². The molecule has 0 fully saturated rings. The van der Waals surface area contributed by atoms with Gasteiger partial charge in [-0.1, -0.05) is 12.1 Å². The highest BCUT2D eigenvalue weighted by Gasteiger charge is 2.08. The van der Waals surface area contributed by atoms with Gasteiger partial charge in [0.2, 0.25) is 5.91 Å². The monoisotopic (exact) mass is 244 g/mol. The minimum Gasteiger partial charge on any atom is -0.396 e. The predicted octanol–water partition coefficient (Wildman–Crippen LogP) is 1.23. The number of nitrogens with zero attached hydrogens (tertiary/aromatic N) is 2. The van der Waals surface area contributed by atoms with Crippen LogP contribution in [0.4, 0.5) is 5.69 Å². The lowest BCUT2D eigenvalue weighted by Gasteiger charge is -2.05. The topological polar surface area (TPSA) is 86.9 Å². The quantitative estimate of drug-likeness (QED) is 0.851. The van der Waals surface area contributed by atoms with E-state index in [1.54, 1.807) is 12.1 Å². The molecule has 0 radical (unpaired) electrons. The molecule has 0 aliphatic heterocycles. The van der Waals surface area contributed by atoms with E-state index in [9.17, 15) is 4.79 Å². The second kappa shape index (κ2) is 4.52. The highest BCUT2D eigenvalue weighted by atomic mass is 16.1. The first-order valence-electron chi connectivity index (χ1n) is 5.67. The Labute approximate surface area is 105 Å². The molecule has 0 saturated heterocycles. The Kier molecular flexibility index (Phi) is 3.06. The molecule has 5 heteroatoms. The summed E-state index contributed by atoms with van der Waals surface area (Å²) in [4.78, 5) is 11.0. The van der Waals surface area contributed by atoms with E-state index in [0.717, 1.165) is 22.6 Å². The van der Waals surface area contributed by atoms with Crippen LogP contribution in [0.5, 0.6) is 0 Å². The number of rotatable bonds is 3. The van der Waals surface area contributed by atoms with E-state index in [-0.39, 0.29) is 0 Å². The molecule has 0 bridgehead atoms. The van der Waals surface area contributed by atoms with Crippen molar-refractivity contribution >= 4 is 11.6 Å². The van der Waals surface area contributed by atoms with E-state index in [1.165, 1.54) is 0 Å². The Bertz CT molecular complexity index is 584. The molecule has 0 aliphatic carbocycles. The van der Waals surface area contributed by atoms with Gasteiger partial charge in [0.1, 0.15) is 0 Å². The van der Waals surface area contributed by atoms with Gasteiger partial charge in [-0.3, -0.25) is 9.48 Å². The maximum atomic E-state index is 11.0. The summed E-state index contributed by atoms with van der Waals surface area (Å²) in [6.07, 6.45) is 0. The van der Waals surface area contributed by atoms with E-state index < -0.39 is 5.91 Å². The Morgan fingerprint density at radius 2 is 1.89 bits per heavy atom. The molecule has 5 nitrogen and oxygen atoms in total. The largest absolute Gasteiger partial charge is 0.396 e. The second-order valence-electron chi connectivity index (χ2n) is 4.30. The third-order valence-corrected chi connectivity index (χ3v) is 3.01. The number of primary amides is 1. The molecule has 2 aromatic rings. The maximum Gasteiger partial charge on any atom is 0.248 e. The predicted molar refractivity (Wildman–Crippen MR) is 70.2 cm³/mol. The SMILES string of the molecule is Cc1nn(Cc2ccc(C(N)=O)cc2)c(C)c1N. The van der Waals surface area contributed by atoms with Crippen LogP contribution in [0.25, 0.3) is 0 Å². The fourth-order valence-electron chi connectivity index (χ4n) is 1.81. The summed E-state index contributed by atoms with van der Waals surface area (Å²) in [5.74, 6) is -0.420. The van der Waals surface area contributed by atoms with Gasteiger partial charge in [-0.25, -0.2) is 0 Å². The van der Waals surface area contributed by atoms with Gasteiger partial charge >= 0.3 is 0 Å². The normalized spacial score (nSPS) is 10.6. The molecule has 0 saturated carbocycles. The fraction of sp³-hybridized carbons (Fsp3) is 0.231. The van der Waals surface area contributed by atoms with Crippen LogP contribution in [-0.2, 0) is 6.54 Å². The van der Waals surface area contributed by atoms with Gasteiger partial charge in [0.15, 0.2) is 0 Å².